The number of aromatic nitrogens is 2. The molecule has 10 nitrogen and oxygen atoms in total. The number of aromatic carboxylic acids is 1. The Morgan fingerprint density at radius 3 is 2.57 bits per heavy atom. The molecule has 0 aliphatic rings. The number of carboxylic acid groups (broad SMARTS) is 1. The van der Waals surface area contributed by atoms with Crippen molar-refractivity contribution in [1.29, 1.82) is 0 Å². The van der Waals surface area contributed by atoms with Gasteiger partial charge in [0.1, 0.15) is 11.6 Å². The highest BCUT2D eigenvalue weighted by molar-refractivity contribution is 7.22. The predicted molar refractivity (Wildman–Crippen MR) is 177 cm³/mol. The number of benzene rings is 2. The Kier molecular flexibility index (Phi) is 11.1. The summed E-state index contributed by atoms with van der Waals surface area (Å²) in [5.74, 6) is -0.624. The maximum Gasteiger partial charge on any atom is 0.355 e. The molecule has 6 N–H and O–H groups in total. The molecule has 0 aliphatic carbocycles. The molecule has 2 aromatic carbocycles. The maximum absolute atomic E-state index is 14.6. The molecular formula is C31H38FN7O3S2. The van der Waals surface area contributed by atoms with Gasteiger partial charge < -0.3 is 36.4 Å². The molecule has 2 aromatic heterocycles. The number of fused-ring (bicyclic) bond motifs is 1. The van der Waals surface area contributed by atoms with Crippen LogP contribution in [0.2, 0.25) is 0 Å². The second-order valence-electron chi connectivity index (χ2n) is 10.5. The lowest BCUT2D eigenvalue weighted by Crippen LogP contribution is -2.23. The highest BCUT2D eigenvalue weighted by Crippen LogP contribution is 2.30. The van der Waals surface area contributed by atoms with Gasteiger partial charge in [0.05, 0.1) is 16.8 Å². The number of allylic oxidation sites excluding steroid dienone is 2. The third-order valence-electron chi connectivity index (χ3n) is 6.76. The molecule has 2 heterocycles. The fourth-order valence-corrected chi connectivity index (χ4v) is 6.25. The number of carbonyl (C=O) groups is 1. The topological polar surface area (TPSA) is 143 Å². The lowest BCUT2D eigenvalue weighted by molar-refractivity contribution is 0.0690. The van der Waals surface area contributed by atoms with Gasteiger partial charge in [-0.05, 0) is 94.7 Å². The van der Waals surface area contributed by atoms with Crippen LogP contribution < -0.4 is 26.4 Å². The molecule has 4 aromatic rings. The van der Waals surface area contributed by atoms with E-state index in [1.165, 1.54) is 28.7 Å². The third-order valence-corrected chi connectivity index (χ3v) is 8.90. The van der Waals surface area contributed by atoms with Crippen molar-refractivity contribution in [1.82, 2.24) is 14.9 Å². The first-order chi connectivity index (χ1) is 21.0. The van der Waals surface area contributed by atoms with Crippen LogP contribution in [0.3, 0.4) is 0 Å². The van der Waals surface area contributed by atoms with Gasteiger partial charge >= 0.3 is 5.97 Å². The summed E-state index contributed by atoms with van der Waals surface area (Å²) in [6.07, 6.45) is 4.31. The van der Waals surface area contributed by atoms with Crippen LogP contribution in [0.1, 0.15) is 40.7 Å². The van der Waals surface area contributed by atoms with Gasteiger partial charge in [0.25, 0.3) is 0 Å². The van der Waals surface area contributed by atoms with E-state index in [4.69, 9.17) is 16.2 Å². The number of hydrogen-bond donors (Lipinski definition) is 4. The van der Waals surface area contributed by atoms with E-state index >= 15 is 0 Å². The maximum atomic E-state index is 14.6. The Morgan fingerprint density at radius 1 is 1.09 bits per heavy atom. The molecule has 0 saturated heterocycles. The molecule has 0 saturated carbocycles. The number of rotatable bonds is 15. The Hall–Kier alpha value is -4.20. The van der Waals surface area contributed by atoms with Crippen LogP contribution in [-0.2, 0) is 12.8 Å². The van der Waals surface area contributed by atoms with Gasteiger partial charge in [-0.25, -0.2) is 19.2 Å². The summed E-state index contributed by atoms with van der Waals surface area (Å²) >= 11 is 2.73. The van der Waals surface area contributed by atoms with Crippen molar-refractivity contribution in [3.05, 3.63) is 87.7 Å². The van der Waals surface area contributed by atoms with Crippen molar-refractivity contribution in [3.63, 3.8) is 0 Å². The number of nitrogens with one attached hydrogen (secondary N) is 1. The van der Waals surface area contributed by atoms with Crippen LogP contribution in [0.15, 0.2) is 65.8 Å². The Labute approximate surface area is 264 Å². The van der Waals surface area contributed by atoms with Crippen molar-refractivity contribution >= 4 is 49.1 Å². The molecule has 0 fully saturated rings. The average Bonchev–Trinajstić information content (AvgIpc) is 3.59. The second kappa shape index (κ2) is 15.0. The van der Waals surface area contributed by atoms with Gasteiger partial charge in [-0.1, -0.05) is 29.5 Å². The van der Waals surface area contributed by atoms with Crippen LogP contribution in [0, 0.1) is 5.82 Å². The molecule has 234 valence electrons. The number of nitrogens with two attached hydrogens (primary N) is 2. The van der Waals surface area contributed by atoms with E-state index in [0.29, 0.717) is 45.2 Å². The Balaban J connectivity index is 1.35. The summed E-state index contributed by atoms with van der Waals surface area (Å²) in [6, 6.07) is 12.8. The molecular weight excluding hydrogens is 602 g/mol. The number of thiazole rings is 2. The quantitative estimate of drug-likeness (QED) is 0.0954. The first kappa shape index (κ1) is 32.7. The molecule has 0 spiro atoms. The largest absolute Gasteiger partial charge is 0.491 e. The number of carboxylic acids is 1. The third kappa shape index (κ3) is 8.68. The summed E-state index contributed by atoms with van der Waals surface area (Å²) in [4.78, 5) is 25.1. The van der Waals surface area contributed by atoms with Gasteiger partial charge in [-0.15, -0.1) is 11.3 Å². The highest BCUT2D eigenvalue weighted by atomic mass is 32.1. The van der Waals surface area contributed by atoms with Crippen LogP contribution in [0.5, 0.6) is 5.75 Å². The van der Waals surface area contributed by atoms with Crippen molar-refractivity contribution in [2.45, 2.75) is 32.6 Å². The zero-order valence-corrected chi connectivity index (χ0v) is 26.9. The molecule has 0 aliphatic heterocycles. The smallest absolute Gasteiger partial charge is 0.355 e. The zero-order chi connectivity index (χ0) is 31.8. The van der Waals surface area contributed by atoms with Gasteiger partial charge in [0, 0.05) is 11.9 Å². The normalized spacial score (nSPS) is 12.5. The first-order valence-electron chi connectivity index (χ1n) is 14.1. The lowest BCUT2D eigenvalue weighted by Gasteiger charge is -2.16. The summed E-state index contributed by atoms with van der Waals surface area (Å²) < 4.78 is 21.3. The van der Waals surface area contributed by atoms with E-state index in [1.807, 2.05) is 51.4 Å². The standard InChI is InChI=1S/C31H38FN7O3S2/c1-19(28(34)37-30-35-22-10-5-6-11-24(22)43-30)17-26(33)39(4)31-36-27(29(40)41)25(44-31)12-8-16-42-23-14-13-20(18-21(23)32)9-7-15-38(2)3/h5-6,10-11,13-14,17-18H,7-9,12,15-16,33-34H2,1-4H3,(H,35,37)(H,40,41)/b26-17+,28-19+. The van der Waals surface area contributed by atoms with E-state index in [9.17, 15) is 14.3 Å². The van der Waals surface area contributed by atoms with Crippen LogP contribution >= 0.6 is 22.7 Å². The van der Waals surface area contributed by atoms with E-state index in [0.717, 1.165) is 35.2 Å². The number of anilines is 2. The average molecular weight is 640 g/mol. The zero-order valence-electron chi connectivity index (χ0n) is 25.3. The SMILES string of the molecule is CC(/C=C(\N)N(C)c1nc(C(=O)O)c(CCCOc2ccc(CCCN(C)C)cc2F)s1)=C(/N)Nc1nc2ccccc2s1. The minimum atomic E-state index is -1.13. The molecule has 4 rings (SSSR count). The molecule has 44 heavy (non-hydrogen) atoms. The van der Waals surface area contributed by atoms with E-state index in [2.05, 4.69) is 20.2 Å². The van der Waals surface area contributed by atoms with E-state index in [-0.39, 0.29) is 18.1 Å². The Bertz CT molecular complexity index is 1630. The van der Waals surface area contributed by atoms with Crippen molar-refractivity contribution in [2.24, 2.45) is 11.5 Å². The monoisotopic (exact) mass is 639 g/mol. The molecule has 0 atom stereocenters. The van der Waals surface area contributed by atoms with Gasteiger partial charge in [-0.3, -0.25) is 0 Å². The van der Waals surface area contributed by atoms with Crippen LogP contribution in [0.25, 0.3) is 10.2 Å². The molecule has 0 radical (unpaired) electrons. The minimum Gasteiger partial charge on any atom is -0.491 e. The fraction of sp³-hybridized carbons (Fsp3) is 0.323. The van der Waals surface area contributed by atoms with Crippen LogP contribution in [0.4, 0.5) is 14.7 Å². The Morgan fingerprint density at radius 2 is 1.86 bits per heavy atom. The van der Waals surface area contributed by atoms with Crippen molar-refractivity contribution in [2.75, 3.05) is 44.5 Å². The summed E-state index contributed by atoms with van der Waals surface area (Å²) in [6.45, 7) is 2.98. The second-order valence-corrected chi connectivity index (χ2v) is 12.6. The highest BCUT2D eigenvalue weighted by Gasteiger charge is 2.20. The van der Waals surface area contributed by atoms with E-state index in [1.54, 1.807) is 24.1 Å². The number of para-hydroxylation sites is 1. The summed E-state index contributed by atoms with van der Waals surface area (Å²) in [5, 5.41) is 14.0. The number of hydrogen-bond acceptors (Lipinski definition) is 11. The van der Waals surface area contributed by atoms with Gasteiger partial charge in [-0.2, -0.15) is 0 Å². The number of nitrogens with zero attached hydrogens (tertiary/aromatic N) is 4. The number of aryl methyl sites for hydroxylation is 2. The van der Waals surface area contributed by atoms with E-state index < -0.39 is 11.8 Å². The predicted octanol–water partition coefficient (Wildman–Crippen LogP) is 5.63. The minimum absolute atomic E-state index is 0.0396. The van der Waals surface area contributed by atoms with Crippen molar-refractivity contribution < 1.29 is 19.0 Å². The summed E-state index contributed by atoms with van der Waals surface area (Å²) in [5.41, 5.74) is 15.1. The van der Waals surface area contributed by atoms with Crippen LogP contribution in [-0.4, -0.2) is 60.2 Å². The molecule has 0 bridgehead atoms. The lowest BCUT2D eigenvalue weighted by atomic mass is 10.1. The molecule has 13 heteroatoms. The van der Waals surface area contributed by atoms with Crippen molar-refractivity contribution in [3.8, 4) is 5.75 Å². The fourth-order valence-electron chi connectivity index (χ4n) is 4.30. The van der Waals surface area contributed by atoms with Gasteiger partial charge in [0.15, 0.2) is 27.5 Å². The first-order valence-corrected chi connectivity index (χ1v) is 15.7. The van der Waals surface area contributed by atoms with Gasteiger partial charge in [0.2, 0.25) is 0 Å². The number of halogens is 1. The number of ether oxygens (including phenoxy) is 1. The molecule has 0 unspecified atom stereocenters. The molecule has 0 amide bonds. The summed E-state index contributed by atoms with van der Waals surface area (Å²) in [7, 11) is 5.73.